The van der Waals surface area contributed by atoms with Crippen LogP contribution in [0.3, 0.4) is 0 Å². The summed E-state index contributed by atoms with van der Waals surface area (Å²) in [5.74, 6) is 0.667. The van der Waals surface area contributed by atoms with Crippen LogP contribution in [-0.4, -0.2) is 15.0 Å². The summed E-state index contributed by atoms with van der Waals surface area (Å²) < 4.78 is 5.24. The lowest BCUT2D eigenvalue weighted by Gasteiger charge is -1.96. The van der Waals surface area contributed by atoms with Gasteiger partial charge in [-0.15, -0.1) is 0 Å². The molecule has 5 nitrogen and oxygen atoms in total. The third-order valence-corrected chi connectivity index (χ3v) is 2.52. The van der Waals surface area contributed by atoms with Crippen molar-refractivity contribution in [2.24, 2.45) is 0 Å². The smallest absolute Gasteiger partial charge is 0.181 e. The van der Waals surface area contributed by atoms with E-state index >= 15 is 0 Å². The zero-order valence-corrected chi connectivity index (χ0v) is 8.84. The van der Waals surface area contributed by atoms with Gasteiger partial charge in [-0.25, -0.2) is 9.97 Å². The van der Waals surface area contributed by atoms with Crippen molar-refractivity contribution in [3.63, 3.8) is 0 Å². The van der Waals surface area contributed by atoms with Crippen LogP contribution in [0.2, 0.25) is 0 Å². The molecule has 0 spiro atoms. The maximum atomic E-state index is 8.58. The molecule has 5 heteroatoms. The minimum Gasteiger partial charge on any atom is -0.443 e. The maximum absolute atomic E-state index is 8.58. The van der Waals surface area contributed by atoms with E-state index in [-0.39, 0.29) is 6.42 Å². The van der Waals surface area contributed by atoms with E-state index in [0.717, 1.165) is 22.4 Å². The number of H-pyrrole nitrogens is 1. The fourth-order valence-electron chi connectivity index (χ4n) is 1.70. The number of hydrogen-bond donors (Lipinski definition) is 1. The first-order valence-corrected chi connectivity index (χ1v) is 5.11. The third kappa shape index (κ3) is 1.66. The van der Waals surface area contributed by atoms with E-state index in [0.29, 0.717) is 5.82 Å². The second-order valence-corrected chi connectivity index (χ2v) is 3.61. The molecule has 0 fully saturated rings. The average Bonchev–Trinajstić information content (AvgIpc) is 2.96. The molecule has 0 amide bonds. The van der Waals surface area contributed by atoms with Crippen molar-refractivity contribution >= 4 is 11.1 Å². The molecule has 0 aliphatic heterocycles. The summed E-state index contributed by atoms with van der Waals surface area (Å²) in [6.45, 7) is 0. The van der Waals surface area contributed by atoms with Crippen molar-refractivity contribution in [2.45, 2.75) is 6.42 Å². The molecular weight excluding hydrogens is 216 g/mol. The molecule has 17 heavy (non-hydrogen) atoms. The van der Waals surface area contributed by atoms with Gasteiger partial charge < -0.3 is 9.40 Å². The number of fused-ring (bicyclic) bond motifs is 1. The van der Waals surface area contributed by atoms with Crippen molar-refractivity contribution < 1.29 is 4.42 Å². The number of aromatic amines is 1. The van der Waals surface area contributed by atoms with E-state index in [1.807, 2.05) is 18.2 Å². The molecule has 82 valence electrons. The fraction of sp³-hybridized carbons (Fsp3) is 0.0833. The zero-order chi connectivity index (χ0) is 11.7. The molecule has 0 atom stereocenters. The normalized spacial score (nSPS) is 10.5. The molecule has 1 N–H and O–H groups in total. The van der Waals surface area contributed by atoms with Crippen molar-refractivity contribution in [3.05, 3.63) is 36.6 Å². The highest BCUT2D eigenvalue weighted by Gasteiger charge is 2.05. The van der Waals surface area contributed by atoms with Gasteiger partial charge in [-0.1, -0.05) is 6.07 Å². The SMILES string of the molecule is N#CCc1ncc(-c2ccc3ncoc3c2)[nH]1. The Kier molecular flexibility index (Phi) is 2.12. The van der Waals surface area contributed by atoms with Gasteiger partial charge in [0.25, 0.3) is 0 Å². The Balaban J connectivity index is 2.04. The molecular formula is C12H8N4O. The van der Waals surface area contributed by atoms with Gasteiger partial charge in [0.1, 0.15) is 11.3 Å². The fourth-order valence-corrected chi connectivity index (χ4v) is 1.70. The van der Waals surface area contributed by atoms with Crippen LogP contribution in [0.4, 0.5) is 0 Å². The molecule has 0 radical (unpaired) electrons. The van der Waals surface area contributed by atoms with Gasteiger partial charge in [0.15, 0.2) is 12.0 Å². The second kappa shape index (κ2) is 3.76. The summed E-state index contributed by atoms with van der Waals surface area (Å²) in [7, 11) is 0. The van der Waals surface area contributed by atoms with E-state index < -0.39 is 0 Å². The number of hydrogen-bond acceptors (Lipinski definition) is 4. The highest BCUT2D eigenvalue weighted by atomic mass is 16.3. The van der Waals surface area contributed by atoms with Gasteiger partial charge in [0, 0.05) is 5.56 Å². The van der Waals surface area contributed by atoms with Gasteiger partial charge in [-0.05, 0) is 12.1 Å². The molecule has 0 aliphatic carbocycles. The molecule has 0 saturated carbocycles. The lowest BCUT2D eigenvalue weighted by atomic mass is 10.1. The van der Waals surface area contributed by atoms with Crippen LogP contribution in [0.5, 0.6) is 0 Å². The lowest BCUT2D eigenvalue weighted by Crippen LogP contribution is -1.84. The highest BCUT2D eigenvalue weighted by Crippen LogP contribution is 2.22. The molecule has 0 bridgehead atoms. The standard InChI is InChI=1S/C12H8N4O/c13-4-3-12-14-6-10(16-12)8-1-2-9-11(5-8)17-7-15-9/h1-2,5-7H,3H2,(H,14,16). The van der Waals surface area contributed by atoms with Gasteiger partial charge in [0.2, 0.25) is 0 Å². The van der Waals surface area contributed by atoms with E-state index in [2.05, 4.69) is 21.0 Å². The number of imidazole rings is 1. The Morgan fingerprint density at radius 3 is 3.18 bits per heavy atom. The molecule has 0 saturated heterocycles. The molecule has 3 aromatic rings. The number of nitrogens with one attached hydrogen (secondary N) is 1. The van der Waals surface area contributed by atoms with E-state index in [9.17, 15) is 0 Å². The summed E-state index contributed by atoms with van der Waals surface area (Å²) in [6, 6.07) is 7.77. The quantitative estimate of drug-likeness (QED) is 0.724. The summed E-state index contributed by atoms with van der Waals surface area (Å²) >= 11 is 0. The predicted octanol–water partition coefficient (Wildman–Crippen LogP) is 2.28. The molecule has 0 unspecified atom stereocenters. The molecule has 2 heterocycles. The van der Waals surface area contributed by atoms with Crippen LogP contribution < -0.4 is 0 Å². The minimum atomic E-state index is 0.282. The predicted molar refractivity (Wildman–Crippen MR) is 60.9 cm³/mol. The maximum Gasteiger partial charge on any atom is 0.181 e. The number of aromatic nitrogens is 3. The van der Waals surface area contributed by atoms with Crippen LogP contribution in [0.25, 0.3) is 22.4 Å². The van der Waals surface area contributed by atoms with Crippen molar-refractivity contribution in [2.75, 3.05) is 0 Å². The van der Waals surface area contributed by atoms with Gasteiger partial charge in [0.05, 0.1) is 24.4 Å². The van der Waals surface area contributed by atoms with E-state index in [4.69, 9.17) is 9.68 Å². The summed E-state index contributed by atoms with van der Waals surface area (Å²) in [6.07, 6.45) is 3.41. The summed E-state index contributed by atoms with van der Waals surface area (Å²) in [5.41, 5.74) is 3.39. The van der Waals surface area contributed by atoms with E-state index in [1.165, 1.54) is 6.39 Å². The topological polar surface area (TPSA) is 78.5 Å². The first kappa shape index (κ1) is 9.60. The van der Waals surface area contributed by atoms with Crippen molar-refractivity contribution in [1.29, 1.82) is 5.26 Å². The monoisotopic (exact) mass is 224 g/mol. The largest absolute Gasteiger partial charge is 0.443 e. The van der Waals surface area contributed by atoms with Crippen LogP contribution >= 0.6 is 0 Å². The van der Waals surface area contributed by atoms with Gasteiger partial charge >= 0.3 is 0 Å². The second-order valence-electron chi connectivity index (χ2n) is 3.61. The molecule has 1 aromatic carbocycles. The third-order valence-electron chi connectivity index (χ3n) is 2.52. The Labute approximate surface area is 96.7 Å². The Bertz CT molecular complexity index is 704. The Hall–Kier alpha value is -2.61. The zero-order valence-electron chi connectivity index (χ0n) is 8.84. The Morgan fingerprint density at radius 2 is 2.29 bits per heavy atom. The Morgan fingerprint density at radius 1 is 1.35 bits per heavy atom. The van der Waals surface area contributed by atoms with Crippen LogP contribution in [-0.2, 0) is 6.42 Å². The van der Waals surface area contributed by atoms with Gasteiger partial charge in [-0.3, -0.25) is 0 Å². The van der Waals surface area contributed by atoms with Crippen molar-refractivity contribution in [1.82, 2.24) is 15.0 Å². The van der Waals surface area contributed by atoms with Crippen LogP contribution in [0, 0.1) is 11.3 Å². The van der Waals surface area contributed by atoms with Crippen molar-refractivity contribution in [3.8, 4) is 17.3 Å². The number of rotatable bonds is 2. The molecule has 3 rings (SSSR count). The summed E-state index contributed by atoms with van der Waals surface area (Å²) in [4.78, 5) is 11.3. The minimum absolute atomic E-state index is 0.282. The molecule has 2 aromatic heterocycles. The van der Waals surface area contributed by atoms with E-state index in [1.54, 1.807) is 6.20 Å². The summed E-state index contributed by atoms with van der Waals surface area (Å²) in [5, 5.41) is 8.58. The first-order valence-electron chi connectivity index (χ1n) is 5.11. The van der Waals surface area contributed by atoms with Gasteiger partial charge in [-0.2, -0.15) is 5.26 Å². The lowest BCUT2D eigenvalue weighted by molar-refractivity contribution is 0.602. The number of oxazole rings is 1. The van der Waals surface area contributed by atoms with Crippen LogP contribution in [0.15, 0.2) is 35.2 Å². The number of benzene rings is 1. The molecule has 0 aliphatic rings. The first-order chi connectivity index (χ1) is 8.36. The highest BCUT2D eigenvalue weighted by molar-refractivity contribution is 5.78. The van der Waals surface area contributed by atoms with Crippen LogP contribution in [0.1, 0.15) is 5.82 Å². The average molecular weight is 224 g/mol. The number of nitriles is 1. The number of nitrogens with zero attached hydrogens (tertiary/aromatic N) is 3.